The Morgan fingerprint density at radius 2 is 1.71 bits per heavy atom. The average molecular weight is 322 g/mol. The molecule has 0 N–H and O–H groups in total. The van der Waals surface area contributed by atoms with E-state index >= 15 is 0 Å². The zero-order valence-corrected chi connectivity index (χ0v) is 13.9. The van der Waals surface area contributed by atoms with Crippen molar-refractivity contribution in [2.75, 3.05) is 25.0 Å². The molecule has 0 saturated carbocycles. The van der Waals surface area contributed by atoms with Crippen molar-refractivity contribution in [2.24, 2.45) is 0 Å². The van der Waals surface area contributed by atoms with Gasteiger partial charge in [-0.3, -0.25) is 4.79 Å². The Morgan fingerprint density at radius 3 is 2.38 bits per heavy atom. The van der Waals surface area contributed by atoms with E-state index in [9.17, 15) is 4.79 Å². The van der Waals surface area contributed by atoms with Crippen LogP contribution in [0.5, 0.6) is 0 Å². The van der Waals surface area contributed by atoms with Crippen molar-refractivity contribution in [3.63, 3.8) is 0 Å². The Bertz CT molecular complexity index is 711. The number of likely N-dealkylation sites (tertiary alicyclic amines) is 1. The molecule has 5 nitrogen and oxygen atoms in total. The van der Waals surface area contributed by atoms with E-state index in [0.29, 0.717) is 6.42 Å². The Hall–Kier alpha value is -2.43. The summed E-state index contributed by atoms with van der Waals surface area (Å²) in [6, 6.07) is 12.3. The van der Waals surface area contributed by atoms with Crippen molar-refractivity contribution >= 4 is 11.9 Å². The summed E-state index contributed by atoms with van der Waals surface area (Å²) in [5, 5.41) is 0. The lowest BCUT2D eigenvalue weighted by molar-refractivity contribution is -0.130. The number of carbonyl (C=O) groups is 1. The Balaban J connectivity index is 1.60. The van der Waals surface area contributed by atoms with Gasteiger partial charge in [-0.1, -0.05) is 30.3 Å². The second kappa shape index (κ2) is 5.89. The zero-order chi connectivity index (χ0) is 16.6. The smallest absolute Gasteiger partial charge is 0.225 e. The minimum atomic E-state index is -0.0796. The fraction of sp³-hybridized carbons (Fsp3) is 0.421. The number of hydrogen-bond donors (Lipinski definition) is 0. The van der Waals surface area contributed by atoms with E-state index in [-0.39, 0.29) is 17.4 Å². The zero-order valence-electron chi connectivity index (χ0n) is 13.9. The number of piperidine rings is 1. The molecule has 0 aliphatic carbocycles. The number of amides is 1. The first kappa shape index (κ1) is 15.1. The second-order valence-electron chi connectivity index (χ2n) is 6.76. The molecule has 3 heterocycles. The molecule has 1 aromatic heterocycles. The standard InChI is InChI=1S/C19H22N4O/c1-22-17(24)14-16(15-6-3-2-4-7-15)19(22)8-12-23(13-9-19)18-20-10-5-11-21-18/h2-7,10-11,16H,8-9,12-14H2,1H3/t16-/m0/s1. The molecule has 2 aliphatic rings. The van der Waals surface area contributed by atoms with Gasteiger partial charge in [-0.15, -0.1) is 0 Å². The lowest BCUT2D eigenvalue weighted by atomic mass is 9.74. The van der Waals surface area contributed by atoms with Gasteiger partial charge in [0.15, 0.2) is 0 Å². The van der Waals surface area contributed by atoms with Crippen LogP contribution in [0.15, 0.2) is 48.8 Å². The monoisotopic (exact) mass is 322 g/mol. The Kier molecular flexibility index (Phi) is 3.71. The maximum absolute atomic E-state index is 12.5. The third-order valence-corrected chi connectivity index (χ3v) is 5.74. The van der Waals surface area contributed by atoms with Crippen LogP contribution in [0.2, 0.25) is 0 Å². The first-order valence-corrected chi connectivity index (χ1v) is 8.54. The van der Waals surface area contributed by atoms with Gasteiger partial charge in [0.25, 0.3) is 0 Å². The third-order valence-electron chi connectivity index (χ3n) is 5.74. The molecule has 0 bridgehead atoms. The minimum absolute atomic E-state index is 0.0796. The first-order valence-electron chi connectivity index (χ1n) is 8.54. The highest BCUT2D eigenvalue weighted by Crippen LogP contribution is 2.48. The van der Waals surface area contributed by atoms with Gasteiger partial charge in [-0.25, -0.2) is 9.97 Å². The van der Waals surface area contributed by atoms with Crippen LogP contribution in [0.4, 0.5) is 5.95 Å². The molecule has 2 saturated heterocycles. The lowest BCUT2D eigenvalue weighted by Gasteiger charge is -2.46. The van der Waals surface area contributed by atoms with E-state index in [1.165, 1.54) is 5.56 Å². The molecule has 1 spiro atoms. The fourth-order valence-corrected chi connectivity index (χ4v) is 4.33. The summed E-state index contributed by atoms with van der Waals surface area (Å²) in [4.78, 5) is 25.4. The highest BCUT2D eigenvalue weighted by molar-refractivity contribution is 5.81. The van der Waals surface area contributed by atoms with E-state index in [1.807, 2.05) is 24.1 Å². The molecule has 4 rings (SSSR count). The molecular formula is C19H22N4O. The van der Waals surface area contributed by atoms with Crippen molar-refractivity contribution in [1.82, 2.24) is 14.9 Å². The van der Waals surface area contributed by atoms with E-state index in [2.05, 4.69) is 39.1 Å². The van der Waals surface area contributed by atoms with E-state index in [4.69, 9.17) is 0 Å². The molecule has 0 radical (unpaired) electrons. The van der Waals surface area contributed by atoms with Gasteiger partial charge in [-0.05, 0) is 24.5 Å². The number of likely N-dealkylation sites (N-methyl/N-ethyl adjacent to an activating group) is 1. The van der Waals surface area contributed by atoms with E-state index in [0.717, 1.165) is 31.9 Å². The number of aromatic nitrogens is 2. The van der Waals surface area contributed by atoms with Crippen LogP contribution >= 0.6 is 0 Å². The lowest BCUT2D eigenvalue weighted by Crippen LogP contribution is -2.54. The predicted molar refractivity (Wildman–Crippen MR) is 92.8 cm³/mol. The van der Waals surface area contributed by atoms with Gasteiger partial charge < -0.3 is 9.80 Å². The molecule has 1 atom stereocenters. The Morgan fingerprint density at radius 1 is 1.04 bits per heavy atom. The van der Waals surface area contributed by atoms with Gasteiger partial charge in [-0.2, -0.15) is 0 Å². The van der Waals surface area contributed by atoms with Crippen LogP contribution < -0.4 is 4.90 Å². The summed E-state index contributed by atoms with van der Waals surface area (Å²) >= 11 is 0. The molecule has 124 valence electrons. The molecular weight excluding hydrogens is 300 g/mol. The number of anilines is 1. The molecule has 0 unspecified atom stereocenters. The van der Waals surface area contributed by atoms with E-state index < -0.39 is 0 Å². The number of benzene rings is 1. The summed E-state index contributed by atoms with van der Waals surface area (Å²) in [5.41, 5.74) is 1.20. The Labute approximate surface area is 142 Å². The van der Waals surface area contributed by atoms with Gasteiger partial charge >= 0.3 is 0 Å². The number of nitrogens with zero attached hydrogens (tertiary/aromatic N) is 4. The van der Waals surface area contributed by atoms with E-state index in [1.54, 1.807) is 12.4 Å². The molecule has 5 heteroatoms. The van der Waals surface area contributed by atoms with Crippen LogP contribution in [0.25, 0.3) is 0 Å². The van der Waals surface area contributed by atoms with Crippen LogP contribution in [-0.2, 0) is 4.79 Å². The largest absolute Gasteiger partial charge is 0.341 e. The summed E-state index contributed by atoms with van der Waals surface area (Å²) in [6.07, 6.45) is 6.08. The summed E-state index contributed by atoms with van der Waals surface area (Å²) in [6.45, 7) is 1.76. The topological polar surface area (TPSA) is 49.3 Å². The normalized spacial score (nSPS) is 23.0. The summed E-state index contributed by atoms with van der Waals surface area (Å²) in [5.74, 6) is 1.32. The summed E-state index contributed by atoms with van der Waals surface area (Å²) < 4.78 is 0. The van der Waals surface area contributed by atoms with Crippen molar-refractivity contribution in [3.05, 3.63) is 54.4 Å². The molecule has 2 fully saturated rings. The van der Waals surface area contributed by atoms with Crippen LogP contribution in [0, 0.1) is 0 Å². The maximum atomic E-state index is 12.5. The SMILES string of the molecule is CN1C(=O)C[C@@H](c2ccccc2)C12CCN(c1ncccn1)CC2. The minimum Gasteiger partial charge on any atom is -0.341 e. The van der Waals surface area contributed by atoms with Crippen LogP contribution in [0.1, 0.15) is 30.7 Å². The van der Waals surface area contributed by atoms with Gasteiger partial charge in [0.05, 0.1) is 5.54 Å². The van der Waals surface area contributed by atoms with Crippen LogP contribution in [-0.4, -0.2) is 46.5 Å². The van der Waals surface area contributed by atoms with Crippen molar-refractivity contribution in [3.8, 4) is 0 Å². The van der Waals surface area contributed by atoms with Crippen molar-refractivity contribution in [2.45, 2.75) is 30.7 Å². The van der Waals surface area contributed by atoms with Crippen LogP contribution in [0.3, 0.4) is 0 Å². The predicted octanol–water partition coefficient (Wildman–Crippen LogP) is 2.46. The molecule has 24 heavy (non-hydrogen) atoms. The highest BCUT2D eigenvalue weighted by Gasteiger charge is 2.52. The van der Waals surface area contributed by atoms with Gasteiger partial charge in [0.1, 0.15) is 0 Å². The van der Waals surface area contributed by atoms with Gasteiger partial charge in [0.2, 0.25) is 11.9 Å². The first-order chi connectivity index (χ1) is 11.7. The number of hydrogen-bond acceptors (Lipinski definition) is 4. The van der Waals surface area contributed by atoms with Crippen molar-refractivity contribution in [1.29, 1.82) is 0 Å². The molecule has 2 aliphatic heterocycles. The summed E-state index contributed by atoms with van der Waals surface area (Å²) in [7, 11) is 1.97. The molecule has 1 amide bonds. The molecule has 1 aromatic carbocycles. The third kappa shape index (κ3) is 2.35. The van der Waals surface area contributed by atoms with Crippen molar-refractivity contribution < 1.29 is 4.79 Å². The number of carbonyl (C=O) groups excluding carboxylic acids is 1. The fourth-order valence-electron chi connectivity index (χ4n) is 4.33. The quantitative estimate of drug-likeness (QED) is 0.852. The molecule has 2 aromatic rings. The second-order valence-corrected chi connectivity index (χ2v) is 6.76. The highest BCUT2D eigenvalue weighted by atomic mass is 16.2. The number of rotatable bonds is 2. The van der Waals surface area contributed by atoms with Gasteiger partial charge in [0, 0.05) is 44.9 Å². The maximum Gasteiger partial charge on any atom is 0.225 e. The average Bonchev–Trinajstić information content (AvgIpc) is 2.89.